The number of aliphatic hydroxyl groups is 1. The average Bonchev–Trinajstić information content (AvgIpc) is 3.12. The number of imidazole rings is 1. The fourth-order valence-electron chi connectivity index (χ4n) is 2.81. The van der Waals surface area contributed by atoms with Crippen molar-refractivity contribution in [3.8, 4) is 0 Å². The van der Waals surface area contributed by atoms with Crippen molar-refractivity contribution in [2.24, 2.45) is 0 Å². The van der Waals surface area contributed by atoms with Crippen molar-refractivity contribution >= 4 is 40.4 Å². The molecule has 0 bridgehead atoms. The van der Waals surface area contributed by atoms with Crippen molar-refractivity contribution < 1.29 is 60.6 Å². The molecule has 3 heterocycles. The van der Waals surface area contributed by atoms with Gasteiger partial charge in [-0.05, 0) is 6.92 Å². The van der Waals surface area contributed by atoms with Crippen molar-refractivity contribution in [1.29, 1.82) is 0 Å². The minimum absolute atomic E-state index is 0.0515. The molecule has 1 saturated heterocycles. The molecular formula is C11H17FN5O12P3. The van der Waals surface area contributed by atoms with Crippen LogP contribution in [-0.2, 0) is 31.6 Å². The summed E-state index contributed by atoms with van der Waals surface area (Å²) in [6.45, 7) is 0.359. The Morgan fingerprint density at radius 1 is 1.25 bits per heavy atom. The second kappa shape index (κ2) is 8.43. The van der Waals surface area contributed by atoms with E-state index in [9.17, 15) is 28.1 Å². The molecular weight excluding hydrogens is 506 g/mol. The van der Waals surface area contributed by atoms with Crippen LogP contribution in [0.25, 0.3) is 11.2 Å². The van der Waals surface area contributed by atoms with Crippen LogP contribution in [0.5, 0.6) is 0 Å². The van der Waals surface area contributed by atoms with E-state index in [4.69, 9.17) is 25.2 Å². The number of rotatable bonds is 8. The molecule has 32 heavy (non-hydrogen) atoms. The lowest BCUT2D eigenvalue weighted by molar-refractivity contribution is -0.113. The Labute approximate surface area is 177 Å². The number of hydrogen-bond acceptors (Lipinski definition) is 12. The van der Waals surface area contributed by atoms with Gasteiger partial charge < -0.3 is 35.2 Å². The molecule has 7 N–H and O–H groups in total. The number of nitrogen functional groups attached to an aromatic ring is 1. The summed E-state index contributed by atoms with van der Waals surface area (Å²) in [5.41, 5.74) is 3.89. The minimum atomic E-state index is -5.70. The highest BCUT2D eigenvalue weighted by atomic mass is 31.3. The van der Waals surface area contributed by atoms with Crippen LogP contribution in [0.4, 0.5) is 10.2 Å². The van der Waals surface area contributed by atoms with Gasteiger partial charge in [-0.1, -0.05) is 0 Å². The lowest BCUT2D eigenvalue weighted by Gasteiger charge is -2.28. The van der Waals surface area contributed by atoms with Crippen LogP contribution in [0.3, 0.4) is 0 Å². The molecule has 0 amide bonds. The van der Waals surface area contributed by atoms with Crippen molar-refractivity contribution in [3.05, 3.63) is 12.4 Å². The van der Waals surface area contributed by atoms with Gasteiger partial charge in [-0.15, -0.1) is 0 Å². The number of phosphoric acid groups is 3. The summed E-state index contributed by atoms with van der Waals surface area (Å²) in [5, 5.41) is 10.4. The predicted molar refractivity (Wildman–Crippen MR) is 98.7 cm³/mol. The third kappa shape index (κ3) is 5.75. The molecule has 180 valence electrons. The fourth-order valence-corrected chi connectivity index (χ4v) is 5.93. The van der Waals surface area contributed by atoms with Crippen LogP contribution in [0, 0.1) is 6.08 Å². The van der Waals surface area contributed by atoms with Crippen molar-refractivity contribution in [2.75, 3.05) is 12.3 Å². The second-order valence-corrected chi connectivity index (χ2v) is 11.1. The summed E-state index contributed by atoms with van der Waals surface area (Å²) in [6.07, 6.45) is -2.45. The molecule has 21 heteroatoms. The van der Waals surface area contributed by atoms with Gasteiger partial charge in [0.25, 0.3) is 0 Å². The van der Waals surface area contributed by atoms with E-state index in [0.29, 0.717) is 0 Å². The van der Waals surface area contributed by atoms with Gasteiger partial charge in [-0.2, -0.15) is 23.0 Å². The summed E-state index contributed by atoms with van der Waals surface area (Å²) in [6, 6.07) is 0. The molecule has 2 aromatic heterocycles. The van der Waals surface area contributed by atoms with Gasteiger partial charge in [-0.25, -0.2) is 18.7 Å². The van der Waals surface area contributed by atoms with Gasteiger partial charge in [0.15, 0.2) is 17.0 Å². The van der Waals surface area contributed by atoms with E-state index in [1.165, 1.54) is 17.8 Å². The highest BCUT2D eigenvalue weighted by molar-refractivity contribution is 7.66. The Balaban J connectivity index is 1.73. The molecule has 0 aromatic carbocycles. The number of nitrogens with zero attached hydrogens (tertiary/aromatic N) is 4. The number of aromatic nitrogens is 4. The summed E-state index contributed by atoms with van der Waals surface area (Å²) < 4.78 is 66.1. The minimum Gasteiger partial charge on any atom is -0.390 e. The van der Waals surface area contributed by atoms with E-state index in [0.717, 1.165) is 0 Å². The largest absolute Gasteiger partial charge is 0.490 e. The number of aliphatic hydroxyl groups excluding tert-OH is 1. The highest BCUT2D eigenvalue weighted by Crippen LogP contribution is 2.66. The maximum absolute atomic E-state index is 13.5. The normalized spacial score (nSPS) is 28.0. The number of ether oxygens (including phenoxy) is 1. The topological polar surface area (TPSA) is 259 Å². The molecule has 5 atom stereocenters. The molecule has 0 radical (unpaired) electrons. The number of halogens is 1. The lowest BCUT2D eigenvalue weighted by atomic mass is 10.0. The molecule has 17 nitrogen and oxygen atoms in total. The van der Waals surface area contributed by atoms with E-state index in [1.54, 1.807) is 0 Å². The number of hydrogen-bond donors (Lipinski definition) is 6. The van der Waals surface area contributed by atoms with Gasteiger partial charge in [0, 0.05) is 6.42 Å². The average molecular weight is 523 g/mol. The zero-order valence-electron chi connectivity index (χ0n) is 15.8. The predicted octanol–water partition coefficient (Wildman–Crippen LogP) is -0.0706. The standard InChI is InChI=1S/C11H17FN5O12P3/c1-11(3-26-31(22,23)29-32(24,25)28-30(19,20)21)5(18)2-6(27-11)17-4-14-7-8(13)15-10(12)16-9(7)17/h4-6,18H,2-3H2,1H3,(H,22,23)(H,24,25)(H2,13,15,16)(H2,19,20,21)/t5-,6+,11+/m0/s1. The van der Waals surface area contributed by atoms with Crippen LogP contribution in [-0.4, -0.2) is 62.5 Å². The Morgan fingerprint density at radius 3 is 2.53 bits per heavy atom. The first kappa shape index (κ1) is 25.2. The molecule has 1 fully saturated rings. The Hall–Kier alpha value is -1.39. The number of nitrogens with two attached hydrogens (primary N) is 1. The summed E-state index contributed by atoms with van der Waals surface area (Å²) >= 11 is 0. The van der Waals surface area contributed by atoms with E-state index < -0.39 is 54.1 Å². The Morgan fingerprint density at radius 2 is 1.91 bits per heavy atom. The van der Waals surface area contributed by atoms with Crippen LogP contribution >= 0.6 is 23.5 Å². The van der Waals surface area contributed by atoms with Gasteiger partial charge in [0.05, 0.1) is 19.0 Å². The van der Waals surface area contributed by atoms with Crippen LogP contribution < -0.4 is 5.73 Å². The van der Waals surface area contributed by atoms with Crippen LogP contribution in [0.15, 0.2) is 6.33 Å². The zero-order valence-corrected chi connectivity index (χ0v) is 18.5. The molecule has 3 rings (SSSR count). The summed E-state index contributed by atoms with van der Waals surface area (Å²) in [5.74, 6) is -0.236. The maximum atomic E-state index is 13.5. The number of fused-ring (bicyclic) bond motifs is 1. The first-order valence-electron chi connectivity index (χ1n) is 8.30. The summed E-state index contributed by atoms with van der Waals surface area (Å²) in [4.78, 5) is 46.6. The lowest BCUT2D eigenvalue weighted by Crippen LogP contribution is -2.40. The monoisotopic (exact) mass is 523 g/mol. The van der Waals surface area contributed by atoms with E-state index >= 15 is 0 Å². The van der Waals surface area contributed by atoms with Gasteiger partial charge >= 0.3 is 29.5 Å². The molecule has 2 aromatic rings. The molecule has 0 saturated carbocycles. The zero-order chi connectivity index (χ0) is 24.1. The maximum Gasteiger partial charge on any atom is 0.490 e. The van der Waals surface area contributed by atoms with Gasteiger partial charge in [0.2, 0.25) is 0 Å². The Kier molecular flexibility index (Phi) is 6.65. The smallest absolute Gasteiger partial charge is 0.390 e. The third-order valence-corrected chi connectivity index (χ3v) is 7.98. The summed E-state index contributed by atoms with van der Waals surface area (Å²) in [7, 11) is -16.7. The van der Waals surface area contributed by atoms with Crippen LogP contribution in [0.2, 0.25) is 0 Å². The molecule has 0 spiro atoms. The quantitative estimate of drug-likeness (QED) is 0.195. The first-order valence-corrected chi connectivity index (χ1v) is 12.8. The number of anilines is 1. The van der Waals surface area contributed by atoms with Crippen molar-refractivity contribution in [1.82, 2.24) is 19.5 Å². The van der Waals surface area contributed by atoms with E-state index in [2.05, 4.69) is 28.1 Å². The SMILES string of the molecule is C[C@]1(COP(=O)(O)OP(=O)(O)OP(=O)(O)O)O[C@@H](n2cnc3c(N)nc(F)nc32)C[C@@H]1O. The molecule has 0 aliphatic carbocycles. The fraction of sp³-hybridized carbons (Fsp3) is 0.545. The van der Waals surface area contributed by atoms with Gasteiger partial charge in [0.1, 0.15) is 11.8 Å². The van der Waals surface area contributed by atoms with Gasteiger partial charge in [-0.3, -0.25) is 9.09 Å². The first-order chi connectivity index (χ1) is 14.5. The van der Waals surface area contributed by atoms with Crippen molar-refractivity contribution in [3.63, 3.8) is 0 Å². The molecule has 1 aliphatic rings. The molecule has 1 aliphatic heterocycles. The van der Waals surface area contributed by atoms with E-state index in [-0.39, 0.29) is 23.4 Å². The van der Waals surface area contributed by atoms with Crippen LogP contribution in [0.1, 0.15) is 19.6 Å². The molecule has 2 unspecified atom stereocenters. The van der Waals surface area contributed by atoms with Crippen molar-refractivity contribution in [2.45, 2.75) is 31.3 Å². The second-order valence-electron chi connectivity index (χ2n) is 6.70. The highest BCUT2D eigenvalue weighted by Gasteiger charge is 2.48. The third-order valence-electron chi connectivity index (χ3n) is 4.20. The number of phosphoric ester groups is 1. The Bertz CT molecular complexity index is 1170. The van der Waals surface area contributed by atoms with E-state index in [1.807, 2.05) is 0 Å².